The maximum atomic E-state index is 13.2. The molecule has 0 aromatic heterocycles. The summed E-state index contributed by atoms with van der Waals surface area (Å²) in [6, 6.07) is 11.5. The summed E-state index contributed by atoms with van der Waals surface area (Å²) >= 11 is 0. The number of rotatable bonds is 6. The van der Waals surface area contributed by atoms with E-state index in [0.29, 0.717) is 23.5 Å². The smallest absolute Gasteiger partial charge is 0.341 e. The van der Waals surface area contributed by atoms with Crippen LogP contribution in [0, 0.1) is 6.92 Å². The van der Waals surface area contributed by atoms with Gasteiger partial charge in [0.05, 0.1) is 4.90 Å². The predicted molar refractivity (Wildman–Crippen MR) is 108 cm³/mol. The molecule has 0 spiro atoms. The van der Waals surface area contributed by atoms with E-state index >= 15 is 0 Å². The minimum Gasteiger partial charge on any atom is -0.487 e. The van der Waals surface area contributed by atoms with E-state index in [2.05, 4.69) is 0 Å². The molecule has 0 amide bonds. The van der Waals surface area contributed by atoms with Crippen molar-refractivity contribution in [3.63, 3.8) is 0 Å². The molecule has 2 aromatic rings. The topological polar surface area (TPSA) is 116 Å². The summed E-state index contributed by atoms with van der Waals surface area (Å²) in [7, 11) is -3.77. The number of carboxylic acids is 1. The van der Waals surface area contributed by atoms with Gasteiger partial charge in [-0.1, -0.05) is 23.8 Å². The Hall–Kier alpha value is -2.58. The second-order valence-corrected chi connectivity index (χ2v) is 9.98. The summed E-state index contributed by atoms with van der Waals surface area (Å²) in [5, 5.41) is 7.63. The lowest BCUT2D eigenvalue weighted by molar-refractivity contribution is -0.139. The quantitative estimate of drug-likeness (QED) is 0.739. The highest BCUT2D eigenvalue weighted by molar-refractivity contribution is 7.92. The number of aryl methyl sites for hydroxylation is 1. The highest BCUT2D eigenvalue weighted by Crippen LogP contribution is 2.45. The molecule has 0 saturated carbocycles. The minimum atomic E-state index is -3.77. The summed E-state index contributed by atoms with van der Waals surface area (Å²) in [6.45, 7) is 5.13. The highest BCUT2D eigenvalue weighted by atomic mass is 32.2. The fourth-order valence-electron chi connectivity index (χ4n) is 3.52. The number of fused-ring (bicyclic) bond motifs is 1. The van der Waals surface area contributed by atoms with E-state index in [0.717, 1.165) is 5.56 Å². The third kappa shape index (κ3) is 4.54. The summed E-state index contributed by atoms with van der Waals surface area (Å²) in [5.74, 6) is -0.803. The van der Waals surface area contributed by atoms with Gasteiger partial charge in [0.15, 0.2) is 16.4 Å². The van der Waals surface area contributed by atoms with Crippen molar-refractivity contribution in [1.82, 2.24) is 0 Å². The maximum Gasteiger partial charge on any atom is 0.341 e. The number of sulfone groups is 1. The average Bonchev–Trinajstić information content (AvgIpc) is 2.64. The van der Waals surface area contributed by atoms with Crippen LogP contribution in [0.4, 0.5) is 0 Å². The van der Waals surface area contributed by atoms with Crippen LogP contribution in [0.1, 0.15) is 37.3 Å². The van der Waals surface area contributed by atoms with E-state index in [1.165, 1.54) is 0 Å². The molecule has 2 atom stereocenters. The first-order valence-electron chi connectivity index (χ1n) is 9.23. The maximum absolute atomic E-state index is 13.2. The molecule has 0 fully saturated rings. The normalized spacial score (nSPS) is 19.0. The molecule has 7 nitrogen and oxygen atoms in total. The van der Waals surface area contributed by atoms with Gasteiger partial charge in [-0.05, 0) is 45.4 Å². The van der Waals surface area contributed by atoms with Crippen molar-refractivity contribution in [2.24, 2.45) is 5.73 Å². The molecule has 0 saturated heterocycles. The van der Waals surface area contributed by atoms with Crippen LogP contribution in [0.2, 0.25) is 0 Å². The lowest BCUT2D eigenvalue weighted by Gasteiger charge is -2.39. The molecule has 1 aliphatic rings. The van der Waals surface area contributed by atoms with Gasteiger partial charge in [0.1, 0.15) is 22.5 Å². The number of benzene rings is 2. The van der Waals surface area contributed by atoms with Crippen molar-refractivity contribution < 1.29 is 27.8 Å². The van der Waals surface area contributed by atoms with Gasteiger partial charge < -0.3 is 20.3 Å². The number of nitrogens with two attached hydrogens (primary N) is 1. The van der Waals surface area contributed by atoms with Crippen molar-refractivity contribution in [1.29, 1.82) is 0 Å². The third-order valence-corrected chi connectivity index (χ3v) is 6.92. The van der Waals surface area contributed by atoms with Crippen LogP contribution in [0.3, 0.4) is 0 Å². The van der Waals surface area contributed by atoms with Gasteiger partial charge in [0, 0.05) is 17.5 Å². The summed E-state index contributed by atoms with van der Waals surface area (Å²) in [5.41, 5.74) is 7.29. The number of hydrogen-bond acceptors (Lipinski definition) is 6. The Morgan fingerprint density at radius 3 is 2.55 bits per heavy atom. The Bertz CT molecular complexity index is 1010. The van der Waals surface area contributed by atoms with Crippen molar-refractivity contribution in [3.8, 4) is 11.5 Å². The van der Waals surface area contributed by atoms with Crippen LogP contribution >= 0.6 is 0 Å². The number of aliphatic carboxylic acids is 1. The SMILES string of the molecule is Cc1ccc(S(=O)(=O)C(N)C2CC(C)(C)Oc3cc(OCC(=O)O)ccc32)cc1. The second-order valence-electron chi connectivity index (χ2n) is 7.88. The van der Waals surface area contributed by atoms with E-state index in [9.17, 15) is 13.2 Å². The molecule has 29 heavy (non-hydrogen) atoms. The van der Waals surface area contributed by atoms with Gasteiger partial charge in [-0.25, -0.2) is 13.2 Å². The van der Waals surface area contributed by atoms with Crippen molar-refractivity contribution in [3.05, 3.63) is 53.6 Å². The van der Waals surface area contributed by atoms with Crippen molar-refractivity contribution >= 4 is 15.8 Å². The van der Waals surface area contributed by atoms with E-state index in [1.54, 1.807) is 42.5 Å². The van der Waals surface area contributed by atoms with Crippen molar-refractivity contribution in [2.45, 2.75) is 49.0 Å². The largest absolute Gasteiger partial charge is 0.487 e. The van der Waals surface area contributed by atoms with Gasteiger partial charge in [-0.2, -0.15) is 0 Å². The van der Waals surface area contributed by atoms with E-state index in [4.69, 9.17) is 20.3 Å². The molecule has 1 heterocycles. The number of carbonyl (C=O) groups is 1. The first-order valence-corrected chi connectivity index (χ1v) is 10.8. The van der Waals surface area contributed by atoms with E-state index in [-0.39, 0.29) is 4.90 Å². The fourth-order valence-corrected chi connectivity index (χ4v) is 5.02. The summed E-state index contributed by atoms with van der Waals surface area (Å²) in [6.07, 6.45) is 0.418. The monoisotopic (exact) mass is 419 g/mol. The highest BCUT2D eigenvalue weighted by Gasteiger charge is 2.41. The molecule has 0 radical (unpaired) electrons. The van der Waals surface area contributed by atoms with Crippen LogP contribution in [0.25, 0.3) is 0 Å². The summed E-state index contributed by atoms with van der Waals surface area (Å²) < 4.78 is 37.5. The van der Waals surface area contributed by atoms with Crippen LogP contribution in [-0.4, -0.2) is 37.1 Å². The molecule has 2 unspecified atom stereocenters. The first-order chi connectivity index (χ1) is 13.5. The standard InChI is InChI=1S/C21H25NO6S/c1-13-4-7-15(8-5-13)29(25,26)20(22)17-11-21(2,3)28-18-10-14(6-9-16(17)18)27-12-19(23)24/h4-10,17,20H,11-12,22H2,1-3H3,(H,23,24). The lowest BCUT2D eigenvalue weighted by Crippen LogP contribution is -2.44. The first kappa shape index (κ1) is 21.1. The zero-order valence-corrected chi connectivity index (χ0v) is 17.4. The van der Waals surface area contributed by atoms with Crippen LogP contribution in [-0.2, 0) is 14.6 Å². The number of carboxylic acid groups (broad SMARTS) is 1. The average molecular weight is 419 g/mol. The zero-order valence-electron chi connectivity index (χ0n) is 16.6. The number of hydrogen-bond donors (Lipinski definition) is 2. The number of ether oxygens (including phenoxy) is 2. The van der Waals surface area contributed by atoms with Gasteiger partial charge in [-0.3, -0.25) is 0 Å². The van der Waals surface area contributed by atoms with Crippen molar-refractivity contribution in [2.75, 3.05) is 6.61 Å². The molecule has 2 aromatic carbocycles. The van der Waals surface area contributed by atoms with Crippen LogP contribution in [0.15, 0.2) is 47.4 Å². The molecular weight excluding hydrogens is 394 g/mol. The predicted octanol–water partition coefficient (Wildman–Crippen LogP) is 2.86. The van der Waals surface area contributed by atoms with Gasteiger partial charge in [-0.15, -0.1) is 0 Å². The Morgan fingerprint density at radius 2 is 1.93 bits per heavy atom. The third-order valence-electron chi connectivity index (χ3n) is 4.95. The molecular formula is C21H25NO6S. The van der Waals surface area contributed by atoms with Crippen LogP contribution < -0.4 is 15.2 Å². The molecule has 156 valence electrons. The molecule has 1 aliphatic heterocycles. The van der Waals surface area contributed by atoms with E-state index < -0.39 is 39.3 Å². The molecule has 3 N–H and O–H groups in total. The summed E-state index contributed by atoms with van der Waals surface area (Å²) in [4.78, 5) is 10.9. The second kappa shape index (κ2) is 7.68. The van der Waals surface area contributed by atoms with E-state index in [1.807, 2.05) is 20.8 Å². The molecule has 3 rings (SSSR count). The van der Waals surface area contributed by atoms with Gasteiger partial charge >= 0.3 is 5.97 Å². The lowest BCUT2D eigenvalue weighted by atomic mass is 9.84. The molecule has 0 aliphatic carbocycles. The Kier molecular flexibility index (Phi) is 5.60. The Morgan fingerprint density at radius 1 is 1.28 bits per heavy atom. The molecule has 8 heteroatoms. The van der Waals surface area contributed by atoms with Gasteiger partial charge in [0.25, 0.3) is 0 Å². The zero-order chi connectivity index (χ0) is 21.4. The van der Waals surface area contributed by atoms with Gasteiger partial charge in [0.2, 0.25) is 0 Å². The fraction of sp³-hybridized carbons (Fsp3) is 0.381. The minimum absolute atomic E-state index is 0.183. The Labute approximate surface area is 170 Å². The Balaban J connectivity index is 1.97. The van der Waals surface area contributed by atoms with Crippen LogP contribution in [0.5, 0.6) is 11.5 Å². The molecule has 0 bridgehead atoms.